The van der Waals surface area contributed by atoms with Crippen LogP contribution in [0.5, 0.6) is 0 Å². The fourth-order valence-electron chi connectivity index (χ4n) is 6.52. The Balaban J connectivity index is 1.33. The first kappa shape index (κ1) is 27.6. The molecule has 2 unspecified atom stereocenters. The van der Waals surface area contributed by atoms with Gasteiger partial charge in [-0.15, -0.1) is 0 Å². The highest BCUT2D eigenvalue weighted by Crippen LogP contribution is 2.57. The van der Waals surface area contributed by atoms with Gasteiger partial charge in [0.05, 0.1) is 32.7 Å². The van der Waals surface area contributed by atoms with E-state index in [-0.39, 0.29) is 36.8 Å². The topological polar surface area (TPSA) is 97.0 Å². The number of fused-ring (bicyclic) bond motifs is 2. The van der Waals surface area contributed by atoms with Crippen LogP contribution in [0, 0.1) is 11.8 Å². The number of nitrogens with one attached hydrogen (secondary N) is 3. The molecule has 6 rings (SSSR count). The third kappa shape index (κ3) is 4.72. The summed E-state index contributed by atoms with van der Waals surface area (Å²) in [7, 11) is 1.88. The highest BCUT2D eigenvalue weighted by molar-refractivity contribution is 6.39. The predicted octanol–water partition coefficient (Wildman–Crippen LogP) is 5.79. The quantitative estimate of drug-likeness (QED) is 0.289. The molecule has 2 aliphatic carbocycles. The molecule has 1 aromatic heterocycles. The van der Waals surface area contributed by atoms with E-state index < -0.39 is 12.1 Å². The molecular formula is C28H31Cl2F3N6O. The maximum Gasteiger partial charge on any atom is 0.391 e. The number of benzene rings is 2. The van der Waals surface area contributed by atoms with Crippen LogP contribution in [-0.4, -0.2) is 40.8 Å². The molecule has 2 heterocycles. The number of hydrogen-bond acceptors (Lipinski definition) is 5. The highest BCUT2D eigenvalue weighted by Gasteiger charge is 2.59. The highest BCUT2D eigenvalue weighted by atomic mass is 35.5. The van der Waals surface area contributed by atoms with Gasteiger partial charge in [0.25, 0.3) is 5.91 Å². The molecule has 1 saturated heterocycles. The normalized spacial score (nSPS) is 26.1. The van der Waals surface area contributed by atoms with Crippen molar-refractivity contribution in [3.8, 4) is 0 Å². The SMILES string of the molecule is Cn1c(Nc2c(Cl)ccc(CN)c2Cl)nc2cc(C(=O)N[C@H]3CC[C@H](C(F)(F)F)CC3)c(C34CNCC3C4)cc21. The van der Waals surface area contributed by atoms with Crippen molar-refractivity contribution < 1.29 is 18.0 Å². The van der Waals surface area contributed by atoms with Gasteiger partial charge < -0.3 is 26.3 Å². The molecule has 7 nitrogen and oxygen atoms in total. The molecule has 3 fully saturated rings. The number of imidazole rings is 1. The largest absolute Gasteiger partial charge is 0.391 e. The van der Waals surface area contributed by atoms with Gasteiger partial charge in [-0.2, -0.15) is 13.2 Å². The van der Waals surface area contributed by atoms with Crippen molar-refractivity contribution in [3.63, 3.8) is 0 Å². The van der Waals surface area contributed by atoms with Crippen molar-refractivity contribution in [1.29, 1.82) is 0 Å². The molecule has 3 aromatic rings. The summed E-state index contributed by atoms with van der Waals surface area (Å²) in [4.78, 5) is 18.4. The molecule has 3 aliphatic rings. The average Bonchev–Trinajstić information content (AvgIpc) is 3.33. The third-order valence-electron chi connectivity index (χ3n) is 9.02. The van der Waals surface area contributed by atoms with Gasteiger partial charge in [-0.05, 0) is 73.9 Å². The molecule has 2 aromatic carbocycles. The van der Waals surface area contributed by atoms with Crippen LogP contribution < -0.4 is 21.7 Å². The van der Waals surface area contributed by atoms with Crippen LogP contribution in [0.15, 0.2) is 24.3 Å². The Morgan fingerprint density at radius 3 is 2.60 bits per heavy atom. The first-order valence-electron chi connectivity index (χ1n) is 13.5. The van der Waals surface area contributed by atoms with Gasteiger partial charge in [0.2, 0.25) is 5.95 Å². The summed E-state index contributed by atoms with van der Waals surface area (Å²) in [6.45, 7) is 1.93. The Bertz CT molecular complexity index is 1480. The van der Waals surface area contributed by atoms with E-state index in [1.165, 1.54) is 0 Å². The number of halogens is 5. The first-order valence-corrected chi connectivity index (χ1v) is 14.3. The number of rotatable bonds is 6. The van der Waals surface area contributed by atoms with E-state index >= 15 is 0 Å². The Kier molecular flexibility index (Phi) is 6.96. The minimum Gasteiger partial charge on any atom is -0.349 e. The van der Waals surface area contributed by atoms with Crippen molar-refractivity contribution in [2.24, 2.45) is 24.6 Å². The molecule has 2 atom stereocenters. The monoisotopic (exact) mass is 594 g/mol. The second-order valence-corrected chi connectivity index (χ2v) is 12.1. The average molecular weight is 595 g/mol. The molecule has 2 saturated carbocycles. The number of carbonyl (C=O) groups excluding carboxylic acids is 1. The molecule has 12 heteroatoms. The van der Waals surface area contributed by atoms with E-state index in [1.54, 1.807) is 18.2 Å². The summed E-state index contributed by atoms with van der Waals surface area (Å²) < 4.78 is 41.3. The van der Waals surface area contributed by atoms with Crippen molar-refractivity contribution in [2.45, 2.75) is 56.3 Å². The van der Waals surface area contributed by atoms with E-state index in [1.807, 2.05) is 17.7 Å². The second kappa shape index (κ2) is 10.1. The number of aryl methyl sites for hydroxylation is 1. The van der Waals surface area contributed by atoms with Gasteiger partial charge in [0, 0.05) is 37.2 Å². The van der Waals surface area contributed by atoms with Crippen molar-refractivity contribution in [3.05, 3.63) is 51.0 Å². The fraction of sp³-hybridized carbons (Fsp3) is 0.500. The minimum absolute atomic E-state index is 0.0298. The van der Waals surface area contributed by atoms with Gasteiger partial charge in [-0.25, -0.2) is 4.98 Å². The Hall–Kier alpha value is -2.53. The van der Waals surface area contributed by atoms with Crippen LogP contribution in [0.2, 0.25) is 10.0 Å². The van der Waals surface area contributed by atoms with Crippen molar-refractivity contribution >= 4 is 51.8 Å². The number of anilines is 2. The minimum atomic E-state index is -4.19. The molecule has 40 heavy (non-hydrogen) atoms. The van der Waals surface area contributed by atoms with Crippen molar-refractivity contribution in [1.82, 2.24) is 20.2 Å². The standard InChI is InChI=1S/C28H31Cl2F3N6O/c1-39-22-9-19(27-10-16(27)12-35-13-27)18(25(40)36-17-5-3-15(4-6-17)28(31,32)33)8-21(22)37-26(39)38-24-20(29)7-2-14(11-34)23(24)30/h2,7-9,15-17,35H,3-6,10-13,34H2,1H3,(H,36,40)(H,37,38)/t15-,16?,17-,27?. The number of carbonyl (C=O) groups is 1. The van der Waals surface area contributed by atoms with E-state index in [4.69, 9.17) is 33.9 Å². The van der Waals surface area contributed by atoms with Crippen LogP contribution in [0.25, 0.3) is 11.0 Å². The molecule has 0 bridgehead atoms. The van der Waals surface area contributed by atoms with Gasteiger partial charge in [0.1, 0.15) is 0 Å². The fourth-order valence-corrected chi connectivity index (χ4v) is 7.06. The summed E-state index contributed by atoms with van der Waals surface area (Å²) >= 11 is 13.0. The molecule has 1 aliphatic heterocycles. The van der Waals surface area contributed by atoms with Gasteiger partial charge in [-0.3, -0.25) is 4.79 Å². The summed E-state index contributed by atoms with van der Waals surface area (Å²) in [5.74, 6) is -0.617. The number of amides is 1. The van der Waals surface area contributed by atoms with Crippen molar-refractivity contribution in [2.75, 3.05) is 18.4 Å². The lowest BCUT2D eigenvalue weighted by Crippen LogP contribution is -2.40. The predicted molar refractivity (Wildman–Crippen MR) is 150 cm³/mol. The molecule has 0 spiro atoms. The lowest BCUT2D eigenvalue weighted by molar-refractivity contribution is -0.182. The number of alkyl halides is 3. The van der Waals surface area contributed by atoms with Gasteiger partial charge >= 0.3 is 6.18 Å². The van der Waals surface area contributed by atoms with Gasteiger partial charge in [-0.1, -0.05) is 29.3 Å². The van der Waals surface area contributed by atoms with E-state index in [0.717, 1.165) is 36.2 Å². The van der Waals surface area contributed by atoms with Crippen LogP contribution in [0.3, 0.4) is 0 Å². The summed E-state index contributed by atoms with van der Waals surface area (Å²) in [5, 5.41) is 10.6. The maximum absolute atomic E-state index is 13.7. The second-order valence-electron chi connectivity index (χ2n) is 11.4. The Morgan fingerprint density at radius 2 is 1.98 bits per heavy atom. The lowest BCUT2D eigenvalue weighted by atomic mass is 9.85. The van der Waals surface area contributed by atoms with E-state index in [0.29, 0.717) is 51.5 Å². The smallest absolute Gasteiger partial charge is 0.349 e. The number of nitrogens with two attached hydrogens (primary N) is 1. The van der Waals surface area contributed by atoms with Crippen LogP contribution in [-0.2, 0) is 19.0 Å². The maximum atomic E-state index is 13.7. The van der Waals surface area contributed by atoms with E-state index in [2.05, 4.69) is 16.0 Å². The van der Waals surface area contributed by atoms with E-state index in [9.17, 15) is 18.0 Å². The van der Waals surface area contributed by atoms with Crippen LogP contribution in [0.1, 0.15) is 53.6 Å². The number of nitrogens with zero attached hydrogens (tertiary/aromatic N) is 2. The Morgan fingerprint density at radius 1 is 1.23 bits per heavy atom. The zero-order valence-corrected chi connectivity index (χ0v) is 23.5. The molecule has 5 N–H and O–H groups in total. The molecule has 214 valence electrons. The van der Waals surface area contributed by atoms with Crippen LogP contribution in [0.4, 0.5) is 24.8 Å². The zero-order chi connectivity index (χ0) is 28.4. The number of piperidine rings is 1. The molecule has 1 amide bonds. The molecular weight excluding hydrogens is 564 g/mol. The number of aromatic nitrogens is 2. The number of hydrogen-bond donors (Lipinski definition) is 4. The summed E-state index contributed by atoms with van der Waals surface area (Å²) in [6, 6.07) is 7.05. The van der Waals surface area contributed by atoms with Gasteiger partial charge in [0.15, 0.2) is 0 Å². The Labute approximate surface area is 240 Å². The molecule has 0 radical (unpaired) electrons. The zero-order valence-electron chi connectivity index (χ0n) is 22.0. The first-order chi connectivity index (χ1) is 19.0. The summed E-state index contributed by atoms with van der Waals surface area (Å²) in [6.07, 6.45) is -2.52. The third-order valence-corrected chi connectivity index (χ3v) is 9.76. The van der Waals surface area contributed by atoms with Crippen LogP contribution >= 0.6 is 23.2 Å². The summed E-state index contributed by atoms with van der Waals surface area (Å²) in [5.41, 5.74) is 9.86. The lowest BCUT2D eigenvalue weighted by Gasteiger charge is -2.30.